The number of carbonyl (C=O) groups is 14. The maximum Gasteiger partial charge on any atom is 0.328 e. The normalized spacial score (nSPS) is 12.9. The molecule has 124 heavy (non-hydrogen) atoms. The van der Waals surface area contributed by atoms with Gasteiger partial charge in [0.2, 0.25) is 35.4 Å². The van der Waals surface area contributed by atoms with Gasteiger partial charge in [-0.25, -0.2) is 14.4 Å². The molecule has 6 unspecified atom stereocenters. The predicted octanol–water partition coefficient (Wildman–Crippen LogP) is 18.6. The average molecular weight is 1760 g/mol. The highest BCUT2D eigenvalue weighted by atomic mass is 16.5. The molecule has 0 aliphatic carbocycles. The SMILES string of the molecule is CCC(CCCCNC(=O)CCCCCCCCC(=O)NC(CC(C)C)C(=O)OCCCCCCOC(=O)C(CC(C)C)NC(=O)CCCCCCCCC(C)=O)C(=O)NCCCCNC(=O)C(CCCCCC(=O)CCCCCCCCC(=O)CC(CC(C)C)C(=O)OCCCCCCOC(=O)C(CC(C)C)NC(=O)CCCCCCCCC(C)=O)NC. The summed E-state index contributed by atoms with van der Waals surface area (Å²) >= 11 is 0. The third-order valence-corrected chi connectivity index (χ3v) is 22.7. The maximum atomic E-state index is 13.1. The van der Waals surface area contributed by atoms with E-state index in [2.05, 4.69) is 37.2 Å². The Morgan fingerprint density at radius 1 is 0.258 bits per heavy atom. The standard InChI is InChI=1S/C99H179N7O18/c1-13-82(55-45-46-64-101-90(111)60-41-26-20-21-29-44-63-93(114)106-89(74-79(8)9)99(120)124-70-52-33-32-51-69-123-98(119)88(73-78(6)7)105-92(113)62-43-28-19-15-23-36-54-81(11)108)94(115)102-65-47-48-66-103-95(116)86(100-12)59-40-34-39-57-84(109)56-37-24-16-17-25-38-58-85(110)75-83(71-76(2)3)96(117)121-67-49-30-31-50-68-122-97(118)87(72-77(4)5)104-91(112)61-42-27-18-14-22-35-53-80(10)107/h76-79,82-83,86-89,100H,13-75H2,1-12H3,(H,101,111)(H,102,115)(H,103,116)(H,104,112)(H,105,113)(H,106,114). The molecule has 6 amide bonds. The molecule has 0 saturated carbocycles. The third-order valence-electron chi connectivity index (χ3n) is 22.7. The zero-order valence-corrected chi connectivity index (χ0v) is 80.2. The Morgan fingerprint density at radius 3 is 0.887 bits per heavy atom. The minimum Gasteiger partial charge on any atom is -0.465 e. The molecule has 0 radical (unpaired) electrons. The van der Waals surface area contributed by atoms with E-state index in [1.54, 1.807) is 20.9 Å². The van der Waals surface area contributed by atoms with Gasteiger partial charge in [0.1, 0.15) is 41.3 Å². The van der Waals surface area contributed by atoms with E-state index in [1.807, 2.05) is 62.3 Å². The fourth-order valence-corrected chi connectivity index (χ4v) is 15.3. The lowest BCUT2D eigenvalue weighted by molar-refractivity contribution is -0.151. The second kappa shape index (κ2) is 79.7. The van der Waals surface area contributed by atoms with Gasteiger partial charge in [0, 0.05) is 89.8 Å². The van der Waals surface area contributed by atoms with E-state index in [1.165, 1.54) is 0 Å². The molecule has 0 rings (SSSR count). The second-order valence-corrected chi connectivity index (χ2v) is 36.9. The van der Waals surface area contributed by atoms with E-state index in [-0.39, 0.29) is 133 Å². The highest BCUT2D eigenvalue weighted by molar-refractivity contribution is 5.87. The number of ether oxygens (including phenoxy) is 4. The summed E-state index contributed by atoms with van der Waals surface area (Å²) in [7, 11) is 1.79. The molecular formula is C99H179N7O18. The Morgan fingerprint density at radius 2 is 0.540 bits per heavy atom. The van der Waals surface area contributed by atoms with Crippen molar-refractivity contribution in [2.24, 2.45) is 35.5 Å². The second-order valence-electron chi connectivity index (χ2n) is 36.9. The van der Waals surface area contributed by atoms with Crippen LogP contribution in [0.1, 0.15) is 436 Å². The van der Waals surface area contributed by atoms with Crippen LogP contribution in [0, 0.1) is 35.5 Å². The van der Waals surface area contributed by atoms with Gasteiger partial charge in [0.25, 0.3) is 0 Å². The number of esters is 4. The van der Waals surface area contributed by atoms with Crippen LogP contribution < -0.4 is 37.2 Å². The van der Waals surface area contributed by atoms with Crippen molar-refractivity contribution in [3.63, 3.8) is 0 Å². The molecule has 0 fully saturated rings. The van der Waals surface area contributed by atoms with Crippen LogP contribution >= 0.6 is 0 Å². The first kappa shape index (κ1) is 117. The molecular weight excluding hydrogens is 1580 g/mol. The predicted molar refractivity (Wildman–Crippen MR) is 493 cm³/mol. The van der Waals surface area contributed by atoms with Gasteiger partial charge >= 0.3 is 23.9 Å². The Kier molecular flexibility index (Phi) is 75.4. The lowest BCUT2D eigenvalue weighted by atomic mass is 9.91. The summed E-state index contributed by atoms with van der Waals surface area (Å²) in [5, 5.41) is 20.9. The molecule has 25 heteroatoms. The van der Waals surface area contributed by atoms with Crippen molar-refractivity contribution in [1.29, 1.82) is 0 Å². The fraction of sp³-hybridized carbons (Fsp3) is 0.859. The summed E-state index contributed by atoms with van der Waals surface area (Å²) in [6.07, 6.45) is 42.2. The van der Waals surface area contributed by atoms with Crippen LogP contribution in [0.4, 0.5) is 0 Å². The maximum absolute atomic E-state index is 13.1. The van der Waals surface area contributed by atoms with Gasteiger partial charge in [-0.3, -0.25) is 43.2 Å². The highest BCUT2D eigenvalue weighted by Gasteiger charge is 2.29. The molecule has 0 bridgehead atoms. The number of unbranched alkanes of at least 4 members (excludes halogenated alkanes) is 30. The molecule has 0 aliphatic heterocycles. The molecule has 0 heterocycles. The molecule has 0 aromatic rings. The number of rotatable bonds is 87. The van der Waals surface area contributed by atoms with Gasteiger partial charge in [0.05, 0.1) is 38.4 Å². The first-order valence-corrected chi connectivity index (χ1v) is 49.5. The van der Waals surface area contributed by atoms with E-state index in [0.29, 0.717) is 142 Å². The molecule has 6 atom stereocenters. The van der Waals surface area contributed by atoms with Crippen molar-refractivity contribution in [2.75, 3.05) is 53.1 Å². The quantitative estimate of drug-likeness (QED) is 0.0169. The minimum absolute atomic E-state index is 0.0299. The van der Waals surface area contributed by atoms with Crippen molar-refractivity contribution >= 4 is 82.5 Å². The number of amides is 6. The van der Waals surface area contributed by atoms with E-state index in [4.69, 9.17) is 18.9 Å². The lowest BCUT2D eigenvalue weighted by Crippen LogP contribution is -2.43. The van der Waals surface area contributed by atoms with Crippen molar-refractivity contribution in [3.05, 3.63) is 0 Å². The lowest BCUT2D eigenvalue weighted by Gasteiger charge is -2.20. The number of likely N-dealkylation sites (N-methyl/N-ethyl adjacent to an activating group) is 1. The smallest absolute Gasteiger partial charge is 0.328 e. The summed E-state index contributed by atoms with van der Waals surface area (Å²) in [6, 6.07) is -2.39. The van der Waals surface area contributed by atoms with Crippen molar-refractivity contribution in [1.82, 2.24) is 37.2 Å². The molecule has 0 saturated heterocycles. The molecule has 0 aromatic carbocycles. The molecule has 0 aromatic heterocycles. The zero-order chi connectivity index (χ0) is 92.2. The fourth-order valence-electron chi connectivity index (χ4n) is 15.3. The molecule has 25 nitrogen and oxygen atoms in total. The Labute approximate surface area is 750 Å². The molecule has 7 N–H and O–H groups in total. The Balaban J connectivity index is 4.17. The topological polar surface area (TPSA) is 360 Å². The Hall–Kier alpha value is -6.66. The van der Waals surface area contributed by atoms with E-state index < -0.39 is 42.0 Å². The third kappa shape index (κ3) is 72.4. The Bertz CT molecular complexity index is 2700. The van der Waals surface area contributed by atoms with Crippen LogP contribution in [0.25, 0.3) is 0 Å². The number of nitrogens with one attached hydrogen (secondary N) is 7. The number of Topliss-reactive ketones (excluding diaryl/α,β-unsaturated/α-hetero) is 4. The summed E-state index contributed by atoms with van der Waals surface area (Å²) in [5.74, 6) is -0.961. The van der Waals surface area contributed by atoms with Gasteiger partial charge in [-0.05, 0) is 218 Å². The molecule has 0 aliphatic rings. The summed E-state index contributed by atoms with van der Waals surface area (Å²) in [5.41, 5.74) is 0. The van der Waals surface area contributed by atoms with Gasteiger partial charge in [-0.15, -0.1) is 0 Å². The van der Waals surface area contributed by atoms with Gasteiger partial charge < -0.3 is 65.8 Å². The number of ketones is 4. The first-order chi connectivity index (χ1) is 59.5. The minimum atomic E-state index is -0.713. The monoisotopic (exact) mass is 1750 g/mol. The van der Waals surface area contributed by atoms with Crippen LogP contribution in [-0.2, 0) is 86.1 Å². The number of hydrogen-bond acceptors (Lipinski definition) is 19. The van der Waals surface area contributed by atoms with Gasteiger partial charge in [-0.1, -0.05) is 184 Å². The van der Waals surface area contributed by atoms with E-state index in [9.17, 15) is 67.1 Å². The van der Waals surface area contributed by atoms with Gasteiger partial charge in [0.15, 0.2) is 0 Å². The van der Waals surface area contributed by atoms with Crippen molar-refractivity contribution in [3.8, 4) is 0 Å². The summed E-state index contributed by atoms with van der Waals surface area (Å²) in [6.45, 7) is 24.0. The zero-order valence-electron chi connectivity index (χ0n) is 80.2. The van der Waals surface area contributed by atoms with E-state index in [0.717, 1.165) is 231 Å². The molecule has 718 valence electrons. The largest absolute Gasteiger partial charge is 0.465 e. The van der Waals surface area contributed by atoms with Gasteiger partial charge in [-0.2, -0.15) is 0 Å². The van der Waals surface area contributed by atoms with Crippen LogP contribution in [0.15, 0.2) is 0 Å². The van der Waals surface area contributed by atoms with Crippen molar-refractivity contribution in [2.45, 2.75) is 460 Å². The average Bonchev–Trinajstić information content (AvgIpc) is 0.930. The van der Waals surface area contributed by atoms with Crippen molar-refractivity contribution < 1.29 is 86.1 Å². The van der Waals surface area contributed by atoms with Crippen LogP contribution in [-0.4, -0.2) is 160 Å². The van der Waals surface area contributed by atoms with Crippen LogP contribution in [0.5, 0.6) is 0 Å². The molecule has 0 spiro atoms. The first-order valence-electron chi connectivity index (χ1n) is 49.5. The van der Waals surface area contributed by atoms with Crippen LogP contribution in [0.3, 0.4) is 0 Å². The van der Waals surface area contributed by atoms with E-state index >= 15 is 0 Å². The number of carbonyl (C=O) groups excluding carboxylic acids is 14. The summed E-state index contributed by atoms with van der Waals surface area (Å²) in [4.78, 5) is 177. The number of hydrogen-bond donors (Lipinski definition) is 7. The van der Waals surface area contributed by atoms with Crippen LogP contribution in [0.2, 0.25) is 0 Å². The summed E-state index contributed by atoms with van der Waals surface area (Å²) < 4.78 is 22.4. The highest BCUT2D eigenvalue weighted by Crippen LogP contribution is 2.23.